The molecule has 1 unspecified atom stereocenters. The standard InChI is InChI=1S/C34H33BrClN3O2/c1-19-13-20(2)25(14-22(19)18-41-24-11-9-23(35)10-12-24)31-26(17-37)33(38)39(28-8-6-7-27(36)21(28)3)29-15-34(4,5)16-30(40)32(29)31/h6-14,31H,15-16,18,38H2,1-5H3. The Morgan fingerprint density at radius 3 is 2.49 bits per heavy atom. The largest absolute Gasteiger partial charge is 0.489 e. The van der Waals surface area contributed by atoms with Crippen molar-refractivity contribution in [2.24, 2.45) is 11.1 Å². The molecule has 3 aromatic rings. The number of aryl methyl sites for hydroxylation is 2. The number of nitrogens with zero attached hydrogens (tertiary/aromatic N) is 2. The molecule has 1 aliphatic heterocycles. The second-order valence-corrected chi connectivity index (χ2v) is 13.1. The Balaban J connectivity index is 1.68. The summed E-state index contributed by atoms with van der Waals surface area (Å²) in [6, 6.07) is 19.9. The first-order valence-electron chi connectivity index (χ1n) is 13.6. The molecule has 0 amide bonds. The first kappa shape index (κ1) is 29.0. The highest BCUT2D eigenvalue weighted by Gasteiger charge is 2.45. The van der Waals surface area contributed by atoms with Crippen molar-refractivity contribution in [2.75, 3.05) is 4.90 Å². The quantitative estimate of drug-likeness (QED) is 0.306. The van der Waals surface area contributed by atoms with Crippen LogP contribution in [0.25, 0.3) is 0 Å². The number of anilines is 1. The van der Waals surface area contributed by atoms with E-state index < -0.39 is 5.92 Å². The van der Waals surface area contributed by atoms with Crippen LogP contribution in [0.2, 0.25) is 5.02 Å². The molecular formula is C34H33BrClN3O2. The van der Waals surface area contributed by atoms with Crippen molar-refractivity contribution < 1.29 is 9.53 Å². The van der Waals surface area contributed by atoms with Gasteiger partial charge in [-0.25, -0.2) is 0 Å². The zero-order chi connectivity index (χ0) is 29.6. The maximum atomic E-state index is 14.0. The lowest BCUT2D eigenvalue weighted by Gasteiger charge is -2.44. The summed E-state index contributed by atoms with van der Waals surface area (Å²) in [4.78, 5) is 15.9. The number of ketones is 1. The van der Waals surface area contributed by atoms with E-state index in [0.29, 0.717) is 41.4 Å². The molecule has 2 aliphatic rings. The van der Waals surface area contributed by atoms with Crippen LogP contribution in [0.3, 0.4) is 0 Å². The minimum absolute atomic E-state index is 0.0406. The summed E-state index contributed by atoms with van der Waals surface area (Å²) < 4.78 is 7.10. The van der Waals surface area contributed by atoms with Crippen LogP contribution in [-0.4, -0.2) is 5.78 Å². The molecule has 1 atom stereocenters. The summed E-state index contributed by atoms with van der Waals surface area (Å²) in [6.07, 6.45) is 1.04. The van der Waals surface area contributed by atoms with E-state index in [1.807, 2.05) is 61.2 Å². The lowest BCUT2D eigenvalue weighted by atomic mass is 9.68. The van der Waals surface area contributed by atoms with Gasteiger partial charge in [0.25, 0.3) is 0 Å². The summed E-state index contributed by atoms with van der Waals surface area (Å²) in [5.74, 6) is 0.566. The van der Waals surface area contributed by atoms with Crippen molar-refractivity contribution in [1.82, 2.24) is 0 Å². The highest BCUT2D eigenvalue weighted by atomic mass is 79.9. The highest BCUT2D eigenvalue weighted by Crippen LogP contribution is 2.51. The van der Waals surface area contributed by atoms with Crippen molar-refractivity contribution in [3.63, 3.8) is 0 Å². The van der Waals surface area contributed by atoms with E-state index in [2.05, 4.69) is 54.9 Å². The first-order chi connectivity index (χ1) is 19.4. The summed E-state index contributed by atoms with van der Waals surface area (Å²) >= 11 is 9.98. The van der Waals surface area contributed by atoms with Crippen molar-refractivity contribution in [2.45, 2.75) is 60.0 Å². The molecule has 0 saturated heterocycles. The Labute approximate surface area is 255 Å². The van der Waals surface area contributed by atoms with Crippen LogP contribution in [0.15, 0.2) is 81.7 Å². The average Bonchev–Trinajstić information content (AvgIpc) is 2.90. The predicted molar refractivity (Wildman–Crippen MR) is 168 cm³/mol. The van der Waals surface area contributed by atoms with Crippen LogP contribution < -0.4 is 15.4 Å². The molecule has 7 heteroatoms. The number of hydrogen-bond acceptors (Lipinski definition) is 5. The summed E-state index contributed by atoms with van der Waals surface area (Å²) in [7, 11) is 0. The van der Waals surface area contributed by atoms with E-state index in [4.69, 9.17) is 22.1 Å². The van der Waals surface area contributed by atoms with Crippen molar-refractivity contribution in [3.05, 3.63) is 115 Å². The van der Waals surface area contributed by atoms with Gasteiger partial charge >= 0.3 is 0 Å². The Hall–Kier alpha value is -3.53. The zero-order valence-corrected chi connectivity index (χ0v) is 26.3. The monoisotopic (exact) mass is 629 g/mol. The molecule has 210 valence electrons. The van der Waals surface area contributed by atoms with Crippen molar-refractivity contribution in [1.29, 1.82) is 5.26 Å². The Bertz CT molecular complexity index is 1660. The topological polar surface area (TPSA) is 79.4 Å². The number of rotatable bonds is 5. The smallest absolute Gasteiger partial charge is 0.162 e. The van der Waals surface area contributed by atoms with Gasteiger partial charge in [-0.15, -0.1) is 0 Å². The molecule has 0 saturated carbocycles. The third kappa shape index (κ3) is 5.41. The Morgan fingerprint density at radius 1 is 1.10 bits per heavy atom. The van der Waals surface area contributed by atoms with Gasteiger partial charge in [0.15, 0.2) is 5.78 Å². The SMILES string of the molecule is Cc1cc(C)c(C2C(C#N)=C(N)N(c3cccc(Cl)c3C)C3=C2C(=O)CC(C)(C)C3)cc1COc1ccc(Br)cc1. The first-order valence-corrected chi connectivity index (χ1v) is 14.8. The predicted octanol–water partition coefficient (Wildman–Crippen LogP) is 8.55. The molecule has 0 spiro atoms. The molecule has 0 radical (unpaired) electrons. The Morgan fingerprint density at radius 2 is 1.80 bits per heavy atom. The number of benzene rings is 3. The average molecular weight is 631 g/mol. The number of hydrogen-bond donors (Lipinski definition) is 1. The van der Waals surface area contributed by atoms with Gasteiger partial charge in [-0.2, -0.15) is 5.26 Å². The lowest BCUT2D eigenvalue weighted by molar-refractivity contribution is -0.118. The van der Waals surface area contributed by atoms with Crippen LogP contribution in [0, 0.1) is 37.5 Å². The zero-order valence-electron chi connectivity index (χ0n) is 23.9. The number of carbonyl (C=O) groups excluding carboxylic acids is 1. The van der Waals surface area contributed by atoms with Crippen LogP contribution >= 0.6 is 27.5 Å². The molecule has 5 nitrogen and oxygen atoms in total. The maximum absolute atomic E-state index is 14.0. The molecular weight excluding hydrogens is 598 g/mol. The second kappa shape index (κ2) is 11.0. The van der Waals surface area contributed by atoms with Gasteiger partial charge in [-0.05, 0) is 96.8 Å². The number of halogens is 2. The number of nitriles is 1. The van der Waals surface area contributed by atoms with E-state index in [1.54, 1.807) is 0 Å². The molecule has 3 aromatic carbocycles. The molecule has 1 aliphatic carbocycles. The van der Waals surface area contributed by atoms with Crippen LogP contribution in [-0.2, 0) is 11.4 Å². The summed E-state index contributed by atoms with van der Waals surface area (Å²) in [5.41, 5.74) is 14.0. The molecule has 0 fully saturated rings. The minimum atomic E-state index is -0.568. The van der Waals surface area contributed by atoms with Crippen molar-refractivity contribution in [3.8, 4) is 11.8 Å². The fourth-order valence-corrected chi connectivity index (χ4v) is 6.44. The van der Waals surface area contributed by atoms with Crippen LogP contribution in [0.5, 0.6) is 5.75 Å². The minimum Gasteiger partial charge on any atom is -0.489 e. The van der Waals surface area contributed by atoms with E-state index in [0.717, 1.165) is 49.4 Å². The molecule has 1 heterocycles. The van der Waals surface area contributed by atoms with Crippen LogP contribution in [0.4, 0.5) is 5.69 Å². The fraction of sp³-hybridized carbons (Fsp3) is 0.294. The second-order valence-electron chi connectivity index (χ2n) is 11.7. The van der Waals surface area contributed by atoms with E-state index >= 15 is 0 Å². The number of nitrogens with two attached hydrogens (primary N) is 1. The van der Waals surface area contributed by atoms with Crippen molar-refractivity contribution >= 4 is 39.0 Å². The highest BCUT2D eigenvalue weighted by molar-refractivity contribution is 9.10. The van der Waals surface area contributed by atoms with Gasteiger partial charge in [0.2, 0.25) is 0 Å². The molecule has 5 rings (SSSR count). The number of allylic oxidation sites excluding steroid dienone is 3. The summed E-state index contributed by atoms with van der Waals surface area (Å²) in [5, 5.41) is 11.1. The third-order valence-electron chi connectivity index (χ3n) is 8.10. The van der Waals surface area contributed by atoms with Gasteiger partial charge in [0, 0.05) is 27.2 Å². The van der Waals surface area contributed by atoms with Gasteiger partial charge in [0.1, 0.15) is 18.2 Å². The third-order valence-corrected chi connectivity index (χ3v) is 9.04. The number of carbonyl (C=O) groups is 1. The van der Waals surface area contributed by atoms with E-state index in [1.165, 1.54) is 0 Å². The van der Waals surface area contributed by atoms with Gasteiger partial charge < -0.3 is 10.5 Å². The number of ether oxygens (including phenoxy) is 1. The van der Waals surface area contributed by atoms with Gasteiger partial charge in [0.05, 0.1) is 23.2 Å². The summed E-state index contributed by atoms with van der Waals surface area (Å²) in [6.45, 7) is 10.6. The normalized spacial score (nSPS) is 18.3. The van der Waals surface area contributed by atoms with Crippen LogP contribution in [0.1, 0.15) is 60.4 Å². The number of Topliss-reactive ketones (excluding diaryl/α,β-unsaturated/α-hetero) is 1. The Kier molecular flexibility index (Phi) is 7.80. The van der Waals surface area contributed by atoms with E-state index in [-0.39, 0.29) is 11.2 Å². The molecule has 41 heavy (non-hydrogen) atoms. The van der Waals surface area contributed by atoms with Gasteiger partial charge in [-0.1, -0.05) is 59.6 Å². The maximum Gasteiger partial charge on any atom is 0.162 e. The molecule has 2 N–H and O–H groups in total. The fourth-order valence-electron chi connectivity index (χ4n) is 6.01. The lowest BCUT2D eigenvalue weighted by Crippen LogP contribution is -2.42. The molecule has 0 aromatic heterocycles. The van der Waals surface area contributed by atoms with E-state index in [9.17, 15) is 10.1 Å². The van der Waals surface area contributed by atoms with Gasteiger partial charge in [-0.3, -0.25) is 9.69 Å². The molecule has 0 bridgehead atoms.